The summed E-state index contributed by atoms with van der Waals surface area (Å²) >= 11 is 0. The number of ether oxygens (including phenoxy) is 2. The van der Waals surface area contributed by atoms with Gasteiger partial charge in [-0.3, -0.25) is 10.1 Å². The quantitative estimate of drug-likeness (QED) is 0.520. The van der Waals surface area contributed by atoms with E-state index >= 15 is 0 Å². The summed E-state index contributed by atoms with van der Waals surface area (Å²) in [6, 6.07) is 18.6. The molecule has 1 atom stereocenters. The molecule has 2 rings (SSSR count). The monoisotopic (exact) mass is 315 g/mol. The van der Waals surface area contributed by atoms with E-state index in [1.807, 2.05) is 60.7 Å². The van der Waals surface area contributed by atoms with Gasteiger partial charge >= 0.3 is 5.97 Å². The topological polar surface area (TPSA) is 67.8 Å². The first-order valence-electron chi connectivity index (χ1n) is 7.45. The average molecular weight is 315 g/mol. The largest absolute Gasteiger partial charge is 0.480 e. The zero-order valence-electron chi connectivity index (χ0n) is 12.9. The summed E-state index contributed by atoms with van der Waals surface area (Å²) in [5, 5.41) is 12.0. The summed E-state index contributed by atoms with van der Waals surface area (Å²) < 4.78 is 10.9. The second kappa shape index (κ2) is 9.74. The molecule has 2 N–H and O–H groups in total. The fourth-order valence-corrected chi connectivity index (χ4v) is 1.99. The van der Waals surface area contributed by atoms with Gasteiger partial charge in [-0.2, -0.15) is 0 Å². The molecule has 5 heteroatoms. The minimum atomic E-state index is -0.957. The van der Waals surface area contributed by atoms with Crippen LogP contribution < -0.4 is 5.32 Å². The summed E-state index contributed by atoms with van der Waals surface area (Å²) in [4.78, 5) is 11.2. The van der Waals surface area contributed by atoms with E-state index in [-0.39, 0.29) is 13.3 Å². The van der Waals surface area contributed by atoms with Crippen LogP contribution in [0.5, 0.6) is 0 Å². The Morgan fingerprint density at radius 3 is 1.96 bits per heavy atom. The molecule has 0 heterocycles. The highest BCUT2D eigenvalue weighted by Gasteiger charge is 2.16. The lowest BCUT2D eigenvalue weighted by molar-refractivity contribution is -0.142. The van der Waals surface area contributed by atoms with E-state index in [0.29, 0.717) is 13.2 Å². The maximum atomic E-state index is 11.2. The fourth-order valence-electron chi connectivity index (χ4n) is 1.99. The van der Waals surface area contributed by atoms with Crippen molar-refractivity contribution in [3.8, 4) is 0 Å². The Morgan fingerprint density at radius 1 is 0.913 bits per heavy atom. The van der Waals surface area contributed by atoms with E-state index in [4.69, 9.17) is 9.47 Å². The third kappa shape index (κ3) is 6.61. The Morgan fingerprint density at radius 2 is 1.43 bits per heavy atom. The second-order valence-electron chi connectivity index (χ2n) is 5.07. The molecule has 0 saturated heterocycles. The normalized spacial score (nSPS) is 12.0. The fraction of sp³-hybridized carbons (Fsp3) is 0.278. The van der Waals surface area contributed by atoms with Crippen LogP contribution in [0.4, 0.5) is 0 Å². The minimum absolute atomic E-state index is 0.0823. The number of carbonyl (C=O) groups is 1. The Labute approximate surface area is 135 Å². The van der Waals surface area contributed by atoms with E-state index in [1.165, 1.54) is 0 Å². The molecule has 0 amide bonds. The van der Waals surface area contributed by atoms with Crippen LogP contribution >= 0.6 is 0 Å². The Bertz CT molecular complexity index is 574. The summed E-state index contributed by atoms with van der Waals surface area (Å²) in [5.74, 6) is -0.957. The lowest BCUT2D eigenvalue weighted by Crippen LogP contribution is -2.41. The number of hydrogen-bond acceptors (Lipinski definition) is 4. The molecule has 0 aliphatic rings. The van der Waals surface area contributed by atoms with Gasteiger partial charge in [0.15, 0.2) is 0 Å². The third-order valence-corrected chi connectivity index (χ3v) is 3.24. The minimum Gasteiger partial charge on any atom is -0.480 e. The Balaban J connectivity index is 1.66. The van der Waals surface area contributed by atoms with Crippen molar-refractivity contribution in [3.05, 3.63) is 71.8 Å². The molecule has 0 aromatic heterocycles. The van der Waals surface area contributed by atoms with E-state index < -0.39 is 12.0 Å². The zero-order chi connectivity index (χ0) is 16.3. The van der Waals surface area contributed by atoms with Gasteiger partial charge in [0.2, 0.25) is 0 Å². The number of nitrogens with one attached hydrogen (secondary N) is 1. The standard InChI is InChI=1S/C18H21NO4/c20-18(21)17(13-22-11-15-7-3-1-4-8-15)19-14-23-12-16-9-5-2-6-10-16/h1-10,17,19H,11-14H2,(H,20,21)/t17-/m0/s1. The Kier molecular flexibility index (Phi) is 7.26. The first kappa shape index (κ1) is 17.1. The van der Waals surface area contributed by atoms with Gasteiger partial charge in [0, 0.05) is 0 Å². The van der Waals surface area contributed by atoms with Crippen molar-refractivity contribution >= 4 is 5.97 Å². The molecule has 0 aliphatic carbocycles. The molecule has 0 saturated carbocycles. The summed E-state index contributed by atoms with van der Waals surface area (Å²) in [5.41, 5.74) is 2.05. The first-order chi connectivity index (χ1) is 11.3. The van der Waals surface area contributed by atoms with Crippen LogP contribution in [0, 0.1) is 0 Å². The van der Waals surface area contributed by atoms with Gasteiger partial charge in [0.05, 0.1) is 26.6 Å². The van der Waals surface area contributed by atoms with Crippen molar-refractivity contribution in [3.63, 3.8) is 0 Å². The second-order valence-corrected chi connectivity index (χ2v) is 5.07. The van der Waals surface area contributed by atoms with E-state index in [0.717, 1.165) is 11.1 Å². The number of hydrogen-bond donors (Lipinski definition) is 2. The molecule has 0 fully saturated rings. The molecule has 0 aliphatic heterocycles. The lowest BCUT2D eigenvalue weighted by atomic mass is 10.2. The van der Waals surface area contributed by atoms with Crippen molar-refractivity contribution in [1.82, 2.24) is 5.32 Å². The molecule has 0 spiro atoms. The average Bonchev–Trinajstić information content (AvgIpc) is 2.58. The predicted molar refractivity (Wildman–Crippen MR) is 86.8 cm³/mol. The lowest BCUT2D eigenvalue weighted by Gasteiger charge is -2.15. The molecule has 0 unspecified atom stereocenters. The summed E-state index contributed by atoms with van der Waals surface area (Å²) in [7, 11) is 0. The van der Waals surface area contributed by atoms with Gasteiger partial charge in [0.25, 0.3) is 0 Å². The van der Waals surface area contributed by atoms with Crippen LogP contribution in [-0.4, -0.2) is 30.5 Å². The Hall–Kier alpha value is -2.21. The summed E-state index contributed by atoms with van der Waals surface area (Å²) in [6.45, 7) is 1.06. The SMILES string of the molecule is O=C(O)[C@H](COCc1ccccc1)NCOCc1ccccc1. The maximum absolute atomic E-state index is 11.2. The van der Waals surface area contributed by atoms with Gasteiger partial charge in [-0.1, -0.05) is 60.7 Å². The molecule has 2 aromatic carbocycles. The highest BCUT2D eigenvalue weighted by atomic mass is 16.5. The van der Waals surface area contributed by atoms with E-state index in [1.54, 1.807) is 0 Å². The van der Waals surface area contributed by atoms with Crippen LogP contribution in [0.1, 0.15) is 11.1 Å². The summed E-state index contributed by atoms with van der Waals surface area (Å²) in [6.07, 6.45) is 0. The van der Waals surface area contributed by atoms with Crippen LogP contribution in [0.2, 0.25) is 0 Å². The number of rotatable bonds is 10. The molecule has 0 bridgehead atoms. The van der Waals surface area contributed by atoms with Gasteiger partial charge < -0.3 is 14.6 Å². The van der Waals surface area contributed by atoms with Gasteiger partial charge in [-0.05, 0) is 11.1 Å². The van der Waals surface area contributed by atoms with E-state index in [2.05, 4.69) is 5.32 Å². The van der Waals surface area contributed by atoms with Crippen LogP contribution in [-0.2, 0) is 27.5 Å². The van der Waals surface area contributed by atoms with Crippen LogP contribution in [0.3, 0.4) is 0 Å². The molecular formula is C18H21NO4. The first-order valence-corrected chi connectivity index (χ1v) is 7.45. The van der Waals surface area contributed by atoms with Crippen molar-refractivity contribution < 1.29 is 19.4 Å². The highest BCUT2D eigenvalue weighted by molar-refractivity contribution is 5.73. The smallest absolute Gasteiger partial charge is 0.323 e. The van der Waals surface area contributed by atoms with Crippen molar-refractivity contribution in [2.24, 2.45) is 0 Å². The molecule has 2 aromatic rings. The van der Waals surface area contributed by atoms with Crippen LogP contribution in [0.25, 0.3) is 0 Å². The van der Waals surface area contributed by atoms with Gasteiger partial charge in [-0.15, -0.1) is 0 Å². The molecule has 0 radical (unpaired) electrons. The maximum Gasteiger partial charge on any atom is 0.323 e. The third-order valence-electron chi connectivity index (χ3n) is 3.24. The number of carboxylic acid groups (broad SMARTS) is 1. The predicted octanol–water partition coefficient (Wildman–Crippen LogP) is 2.42. The number of aliphatic carboxylic acids is 1. The number of benzene rings is 2. The van der Waals surface area contributed by atoms with Crippen molar-refractivity contribution in [2.75, 3.05) is 13.3 Å². The van der Waals surface area contributed by atoms with E-state index in [9.17, 15) is 9.90 Å². The zero-order valence-corrected chi connectivity index (χ0v) is 12.9. The molecular weight excluding hydrogens is 294 g/mol. The van der Waals surface area contributed by atoms with Gasteiger partial charge in [0.1, 0.15) is 6.04 Å². The molecule has 23 heavy (non-hydrogen) atoms. The molecule has 5 nitrogen and oxygen atoms in total. The number of carboxylic acids is 1. The van der Waals surface area contributed by atoms with Gasteiger partial charge in [-0.25, -0.2) is 0 Å². The van der Waals surface area contributed by atoms with Crippen LogP contribution in [0.15, 0.2) is 60.7 Å². The van der Waals surface area contributed by atoms with Crippen molar-refractivity contribution in [1.29, 1.82) is 0 Å². The molecule has 122 valence electrons. The highest BCUT2D eigenvalue weighted by Crippen LogP contribution is 2.02. The van der Waals surface area contributed by atoms with Crippen molar-refractivity contribution in [2.45, 2.75) is 19.3 Å².